The summed E-state index contributed by atoms with van der Waals surface area (Å²) in [4.78, 5) is 28.2. The maximum atomic E-state index is 12.5. The van der Waals surface area contributed by atoms with Crippen LogP contribution in [0.5, 0.6) is 0 Å². The van der Waals surface area contributed by atoms with Gasteiger partial charge in [0.25, 0.3) is 5.91 Å². The molecule has 122 valence electrons. The smallest absolute Gasteiger partial charge is 0.305 e. The molecule has 0 saturated carbocycles. The van der Waals surface area contributed by atoms with Gasteiger partial charge in [0.1, 0.15) is 4.88 Å². The van der Waals surface area contributed by atoms with Crippen molar-refractivity contribution >= 4 is 23.2 Å². The Kier molecular flexibility index (Phi) is 4.44. The fourth-order valence-electron chi connectivity index (χ4n) is 2.59. The Hall–Kier alpha value is -2.19. The van der Waals surface area contributed by atoms with E-state index in [0.29, 0.717) is 41.7 Å². The molecule has 1 fully saturated rings. The Bertz CT molecular complexity index is 689. The van der Waals surface area contributed by atoms with Crippen LogP contribution in [0.15, 0.2) is 29.0 Å². The number of furan rings is 1. The molecular formula is C15H16N2O5S. The van der Waals surface area contributed by atoms with E-state index >= 15 is 0 Å². The lowest BCUT2D eigenvalue weighted by Crippen LogP contribution is -2.53. The quantitative estimate of drug-likeness (QED) is 0.867. The Balaban J connectivity index is 1.75. The molecule has 3 heterocycles. The first-order chi connectivity index (χ1) is 11.1. The predicted octanol–water partition coefficient (Wildman–Crippen LogP) is 2.16. The second kappa shape index (κ2) is 6.51. The van der Waals surface area contributed by atoms with E-state index in [9.17, 15) is 9.59 Å². The summed E-state index contributed by atoms with van der Waals surface area (Å²) in [5.74, 6) is -0.656. The summed E-state index contributed by atoms with van der Waals surface area (Å²) in [5, 5.41) is 12.6. The highest BCUT2D eigenvalue weighted by Crippen LogP contribution is 2.28. The number of nitrogens with one attached hydrogen (secondary N) is 1. The van der Waals surface area contributed by atoms with Gasteiger partial charge in [-0.1, -0.05) is 0 Å². The van der Waals surface area contributed by atoms with Gasteiger partial charge in [-0.05, 0) is 25.0 Å². The highest BCUT2D eigenvalue weighted by atomic mass is 32.1. The van der Waals surface area contributed by atoms with Crippen LogP contribution in [0.4, 0.5) is 0 Å². The number of carbonyl (C=O) groups is 2. The van der Waals surface area contributed by atoms with E-state index in [1.54, 1.807) is 18.4 Å². The van der Waals surface area contributed by atoms with Gasteiger partial charge in [0.05, 0.1) is 24.4 Å². The molecule has 0 aromatic carbocycles. The standard InChI is InChI=1S/C15H16N2O5S/c18-12(19)8-15(3-6-21-7-4-15)17-13(20)11-9-16-14(23-11)10-2-1-5-22-10/h1-2,5,9H,3-4,6-8H2,(H,17,20)(H,18,19). The van der Waals surface area contributed by atoms with Gasteiger partial charge in [-0.3, -0.25) is 9.59 Å². The number of hydrogen-bond donors (Lipinski definition) is 2. The van der Waals surface area contributed by atoms with Gasteiger partial charge in [-0.2, -0.15) is 0 Å². The first-order valence-electron chi connectivity index (χ1n) is 7.20. The Morgan fingerprint density at radius 2 is 2.17 bits per heavy atom. The molecule has 8 heteroatoms. The fraction of sp³-hybridized carbons (Fsp3) is 0.400. The number of amides is 1. The van der Waals surface area contributed by atoms with Crippen LogP contribution < -0.4 is 5.32 Å². The highest BCUT2D eigenvalue weighted by Gasteiger charge is 2.37. The first kappa shape index (κ1) is 15.7. The minimum absolute atomic E-state index is 0.119. The summed E-state index contributed by atoms with van der Waals surface area (Å²) in [5.41, 5.74) is -0.768. The summed E-state index contributed by atoms with van der Waals surface area (Å²) in [6, 6.07) is 3.52. The summed E-state index contributed by atoms with van der Waals surface area (Å²) in [6.07, 6.45) is 3.86. The van der Waals surface area contributed by atoms with Gasteiger partial charge in [-0.15, -0.1) is 11.3 Å². The topological polar surface area (TPSA) is 102 Å². The van der Waals surface area contributed by atoms with Gasteiger partial charge in [0.2, 0.25) is 0 Å². The number of aromatic nitrogens is 1. The molecule has 1 aliphatic rings. The number of hydrogen-bond acceptors (Lipinski definition) is 6. The zero-order valence-electron chi connectivity index (χ0n) is 12.3. The van der Waals surface area contributed by atoms with Crippen molar-refractivity contribution in [1.29, 1.82) is 0 Å². The van der Waals surface area contributed by atoms with Crippen molar-refractivity contribution in [2.75, 3.05) is 13.2 Å². The third-order valence-corrected chi connectivity index (χ3v) is 4.79. The highest BCUT2D eigenvalue weighted by molar-refractivity contribution is 7.16. The summed E-state index contributed by atoms with van der Waals surface area (Å²) < 4.78 is 10.5. The van der Waals surface area contributed by atoms with Crippen LogP contribution in [0.1, 0.15) is 28.9 Å². The third kappa shape index (κ3) is 3.59. The number of ether oxygens (including phenoxy) is 1. The molecule has 2 aromatic heterocycles. The van der Waals surface area contributed by atoms with E-state index in [-0.39, 0.29) is 12.3 Å². The number of carboxylic acids is 1. The minimum Gasteiger partial charge on any atom is -0.481 e. The second-order valence-electron chi connectivity index (χ2n) is 5.42. The lowest BCUT2D eigenvalue weighted by atomic mass is 9.86. The zero-order chi connectivity index (χ0) is 16.3. The molecule has 1 amide bonds. The van der Waals surface area contributed by atoms with Gasteiger partial charge in [0.15, 0.2) is 10.8 Å². The number of rotatable bonds is 5. The van der Waals surface area contributed by atoms with Gasteiger partial charge in [0, 0.05) is 13.2 Å². The second-order valence-corrected chi connectivity index (χ2v) is 6.45. The monoisotopic (exact) mass is 336 g/mol. The van der Waals surface area contributed by atoms with E-state index < -0.39 is 11.5 Å². The van der Waals surface area contributed by atoms with Crippen molar-refractivity contribution in [1.82, 2.24) is 10.3 Å². The number of nitrogens with zero attached hydrogens (tertiary/aromatic N) is 1. The first-order valence-corrected chi connectivity index (χ1v) is 8.01. The maximum absolute atomic E-state index is 12.5. The Morgan fingerprint density at radius 3 is 2.83 bits per heavy atom. The van der Waals surface area contributed by atoms with Gasteiger partial charge >= 0.3 is 5.97 Å². The normalized spacial score (nSPS) is 16.9. The predicted molar refractivity (Wildman–Crippen MR) is 82.3 cm³/mol. The zero-order valence-corrected chi connectivity index (χ0v) is 13.1. The van der Waals surface area contributed by atoms with Crippen LogP contribution >= 0.6 is 11.3 Å². The van der Waals surface area contributed by atoms with Crippen LogP contribution in [-0.4, -0.2) is 40.7 Å². The molecule has 0 spiro atoms. The molecule has 23 heavy (non-hydrogen) atoms. The lowest BCUT2D eigenvalue weighted by Gasteiger charge is -2.36. The van der Waals surface area contributed by atoms with E-state index in [1.807, 2.05) is 0 Å². The van der Waals surface area contributed by atoms with Gasteiger partial charge < -0.3 is 19.6 Å². The molecule has 0 radical (unpaired) electrons. The lowest BCUT2D eigenvalue weighted by molar-refractivity contribution is -0.139. The molecule has 2 aromatic rings. The number of thiazole rings is 1. The summed E-state index contributed by atoms with van der Waals surface area (Å²) >= 11 is 1.21. The maximum Gasteiger partial charge on any atom is 0.305 e. The van der Waals surface area contributed by atoms with Crippen molar-refractivity contribution in [2.24, 2.45) is 0 Å². The average Bonchev–Trinajstić information content (AvgIpc) is 3.18. The number of carbonyl (C=O) groups excluding carboxylic acids is 1. The fourth-order valence-corrected chi connectivity index (χ4v) is 3.37. The molecule has 0 aliphatic carbocycles. The molecule has 3 rings (SSSR count). The molecule has 1 saturated heterocycles. The Morgan fingerprint density at radius 1 is 1.39 bits per heavy atom. The van der Waals surface area contributed by atoms with E-state index in [1.165, 1.54) is 17.5 Å². The van der Waals surface area contributed by atoms with Crippen molar-refractivity contribution in [3.63, 3.8) is 0 Å². The SMILES string of the molecule is O=C(O)CC1(NC(=O)c2cnc(-c3ccco3)s2)CCOCC1. The van der Waals surface area contributed by atoms with Crippen LogP contribution in [0.2, 0.25) is 0 Å². The van der Waals surface area contributed by atoms with Crippen molar-refractivity contribution < 1.29 is 23.8 Å². The summed E-state index contributed by atoms with van der Waals surface area (Å²) in [7, 11) is 0. The molecule has 0 unspecified atom stereocenters. The Labute approximate surface area is 136 Å². The van der Waals surface area contributed by atoms with E-state index in [2.05, 4.69) is 10.3 Å². The summed E-state index contributed by atoms with van der Waals surface area (Å²) in [6.45, 7) is 0.877. The molecule has 2 N–H and O–H groups in total. The molecule has 1 aliphatic heterocycles. The van der Waals surface area contributed by atoms with E-state index in [0.717, 1.165) is 0 Å². The van der Waals surface area contributed by atoms with Crippen molar-refractivity contribution in [3.8, 4) is 10.8 Å². The number of carboxylic acid groups (broad SMARTS) is 1. The van der Waals surface area contributed by atoms with E-state index in [4.69, 9.17) is 14.3 Å². The van der Waals surface area contributed by atoms with Gasteiger partial charge in [-0.25, -0.2) is 4.98 Å². The molecule has 0 bridgehead atoms. The largest absolute Gasteiger partial charge is 0.481 e. The van der Waals surface area contributed by atoms with Crippen LogP contribution in [0.3, 0.4) is 0 Å². The van der Waals surface area contributed by atoms with Crippen LogP contribution in [-0.2, 0) is 9.53 Å². The average molecular weight is 336 g/mol. The third-order valence-electron chi connectivity index (χ3n) is 3.78. The molecular weight excluding hydrogens is 320 g/mol. The van der Waals surface area contributed by atoms with Crippen LogP contribution in [0, 0.1) is 0 Å². The van der Waals surface area contributed by atoms with Crippen LogP contribution in [0.25, 0.3) is 10.8 Å². The molecule has 7 nitrogen and oxygen atoms in total. The molecule has 0 atom stereocenters. The minimum atomic E-state index is -0.937. The number of aliphatic carboxylic acids is 1. The van der Waals surface area contributed by atoms with Crippen molar-refractivity contribution in [2.45, 2.75) is 24.8 Å². The van der Waals surface area contributed by atoms with Crippen molar-refractivity contribution in [3.05, 3.63) is 29.5 Å².